The van der Waals surface area contributed by atoms with Crippen LogP contribution in [-0.2, 0) is 17.9 Å². The number of pyridine rings is 2. The molecular weight excluding hydrogens is 308 g/mol. The van der Waals surface area contributed by atoms with Gasteiger partial charge in [0.05, 0.1) is 24.3 Å². The molecule has 0 bridgehead atoms. The maximum atomic E-state index is 12.0. The third-order valence-electron chi connectivity index (χ3n) is 3.34. The number of nitrogens with one attached hydrogen (secondary N) is 2. The highest BCUT2D eigenvalue weighted by molar-refractivity contribution is 5.93. The van der Waals surface area contributed by atoms with Crippen molar-refractivity contribution in [3.8, 4) is 0 Å². The first-order valence-electron chi connectivity index (χ1n) is 7.66. The van der Waals surface area contributed by atoms with Crippen LogP contribution in [0, 0.1) is 0 Å². The molecule has 2 rings (SSSR count). The largest absolute Gasteiger partial charge is 0.352 e. The van der Waals surface area contributed by atoms with Crippen LogP contribution in [0.25, 0.3) is 0 Å². The molecule has 2 heterocycles. The van der Waals surface area contributed by atoms with Crippen molar-refractivity contribution in [2.45, 2.75) is 26.9 Å². The molecule has 0 aliphatic carbocycles. The fourth-order valence-electron chi connectivity index (χ4n) is 2.12. The Hall–Kier alpha value is -2.96. The van der Waals surface area contributed by atoms with E-state index in [0.717, 1.165) is 11.3 Å². The van der Waals surface area contributed by atoms with Crippen LogP contribution in [0.15, 0.2) is 41.5 Å². The van der Waals surface area contributed by atoms with E-state index in [0.29, 0.717) is 25.2 Å². The number of carbonyl (C=O) groups is 2. The van der Waals surface area contributed by atoms with Gasteiger partial charge >= 0.3 is 0 Å². The van der Waals surface area contributed by atoms with E-state index in [1.54, 1.807) is 18.5 Å². The molecule has 0 aromatic carbocycles. The lowest BCUT2D eigenvalue weighted by Crippen LogP contribution is -2.26. The minimum atomic E-state index is -0.213. The van der Waals surface area contributed by atoms with Crippen molar-refractivity contribution in [1.29, 1.82) is 0 Å². The molecule has 2 amide bonds. The Kier molecular flexibility index (Phi) is 5.83. The fourth-order valence-corrected chi connectivity index (χ4v) is 2.12. The Morgan fingerprint density at radius 1 is 1.17 bits per heavy atom. The third kappa shape index (κ3) is 4.77. The van der Waals surface area contributed by atoms with E-state index >= 15 is 0 Å². The van der Waals surface area contributed by atoms with Crippen LogP contribution in [0.4, 0.5) is 0 Å². The smallest absolute Gasteiger partial charge is 0.252 e. The number of hydrogen-bond acceptors (Lipinski definition) is 4. The van der Waals surface area contributed by atoms with Gasteiger partial charge in [-0.1, -0.05) is 6.07 Å². The normalized spacial score (nSPS) is 10.2. The van der Waals surface area contributed by atoms with Crippen molar-refractivity contribution in [3.05, 3.63) is 63.8 Å². The maximum absolute atomic E-state index is 12.0. The van der Waals surface area contributed by atoms with Crippen molar-refractivity contribution in [1.82, 2.24) is 20.2 Å². The minimum Gasteiger partial charge on any atom is -0.352 e. The van der Waals surface area contributed by atoms with Crippen LogP contribution in [0.5, 0.6) is 0 Å². The molecular formula is C17H20N4O3. The number of carbonyl (C=O) groups excluding carboxylic acids is 2. The van der Waals surface area contributed by atoms with Gasteiger partial charge in [0.15, 0.2) is 0 Å². The van der Waals surface area contributed by atoms with Crippen LogP contribution in [0.3, 0.4) is 0 Å². The maximum Gasteiger partial charge on any atom is 0.252 e. The van der Waals surface area contributed by atoms with Crippen LogP contribution >= 0.6 is 0 Å². The minimum absolute atomic E-state index is 0.116. The highest BCUT2D eigenvalue weighted by Gasteiger charge is 2.07. The molecule has 0 saturated carbocycles. The van der Waals surface area contributed by atoms with E-state index in [1.165, 1.54) is 23.6 Å². The summed E-state index contributed by atoms with van der Waals surface area (Å²) in [7, 11) is 0. The zero-order valence-corrected chi connectivity index (χ0v) is 13.7. The zero-order chi connectivity index (χ0) is 17.5. The molecule has 0 unspecified atom stereocenters. The van der Waals surface area contributed by atoms with Gasteiger partial charge in [0, 0.05) is 31.9 Å². The molecule has 0 fully saturated rings. The van der Waals surface area contributed by atoms with Crippen LogP contribution in [0.2, 0.25) is 0 Å². The molecule has 0 saturated heterocycles. The van der Waals surface area contributed by atoms with E-state index in [-0.39, 0.29) is 17.4 Å². The van der Waals surface area contributed by atoms with E-state index in [1.807, 2.05) is 13.0 Å². The summed E-state index contributed by atoms with van der Waals surface area (Å²) in [5.74, 6) is -0.329. The topological polar surface area (TPSA) is 93.1 Å². The summed E-state index contributed by atoms with van der Waals surface area (Å²) in [6.07, 6.45) is 3.20. The van der Waals surface area contributed by atoms with Gasteiger partial charge in [0.25, 0.3) is 11.5 Å². The van der Waals surface area contributed by atoms with Gasteiger partial charge in [-0.3, -0.25) is 19.4 Å². The molecule has 2 aromatic rings. The van der Waals surface area contributed by atoms with Crippen LogP contribution in [-0.4, -0.2) is 27.9 Å². The molecule has 0 aliphatic heterocycles. The summed E-state index contributed by atoms with van der Waals surface area (Å²) < 4.78 is 1.47. The first-order chi connectivity index (χ1) is 11.5. The van der Waals surface area contributed by atoms with E-state index < -0.39 is 0 Å². The first kappa shape index (κ1) is 17.4. The SMILES string of the molecule is CCNC(=O)c1ccc(=O)n(Cc2ccc(CNC(C)=O)nc2)c1. The quantitative estimate of drug-likeness (QED) is 0.815. The molecule has 0 aliphatic rings. The van der Waals surface area contributed by atoms with Gasteiger partial charge in [-0.2, -0.15) is 0 Å². The van der Waals surface area contributed by atoms with Gasteiger partial charge in [-0.25, -0.2) is 0 Å². The Morgan fingerprint density at radius 2 is 1.96 bits per heavy atom. The summed E-state index contributed by atoms with van der Waals surface area (Å²) in [5.41, 5.74) is 1.81. The molecule has 2 N–H and O–H groups in total. The summed E-state index contributed by atoms with van der Waals surface area (Å²) in [6, 6.07) is 6.53. The predicted molar refractivity (Wildman–Crippen MR) is 89.6 cm³/mol. The Morgan fingerprint density at radius 3 is 2.58 bits per heavy atom. The third-order valence-corrected chi connectivity index (χ3v) is 3.34. The standard InChI is InChI=1S/C17H20N4O3/c1-3-18-17(24)14-5-7-16(23)21(11-14)10-13-4-6-15(20-8-13)9-19-12(2)22/h4-8,11H,3,9-10H2,1-2H3,(H,18,24)(H,19,22). The van der Waals surface area contributed by atoms with Crippen LogP contribution in [0.1, 0.15) is 35.5 Å². The van der Waals surface area contributed by atoms with E-state index in [9.17, 15) is 14.4 Å². The Bertz CT molecular complexity index is 781. The fraction of sp³-hybridized carbons (Fsp3) is 0.294. The molecule has 0 spiro atoms. The lowest BCUT2D eigenvalue weighted by Gasteiger charge is -2.09. The Balaban J connectivity index is 2.12. The molecule has 24 heavy (non-hydrogen) atoms. The molecule has 0 radical (unpaired) electrons. The molecule has 2 aromatic heterocycles. The number of rotatable bonds is 6. The second kappa shape index (κ2) is 8.05. The molecule has 0 atom stereocenters. The summed E-state index contributed by atoms with van der Waals surface area (Å²) in [5, 5.41) is 5.37. The van der Waals surface area contributed by atoms with E-state index in [4.69, 9.17) is 0 Å². The summed E-state index contributed by atoms with van der Waals surface area (Å²) in [4.78, 5) is 39.0. The van der Waals surface area contributed by atoms with Crippen molar-refractivity contribution in [3.63, 3.8) is 0 Å². The molecule has 7 heteroatoms. The van der Waals surface area contributed by atoms with Gasteiger partial charge in [0.2, 0.25) is 5.91 Å². The predicted octanol–water partition coefficient (Wildman–Crippen LogP) is 0.677. The van der Waals surface area contributed by atoms with Crippen LogP contribution < -0.4 is 16.2 Å². The second-order valence-electron chi connectivity index (χ2n) is 5.31. The van der Waals surface area contributed by atoms with Crippen molar-refractivity contribution in [2.75, 3.05) is 6.54 Å². The van der Waals surface area contributed by atoms with E-state index in [2.05, 4.69) is 15.6 Å². The second-order valence-corrected chi connectivity index (χ2v) is 5.31. The van der Waals surface area contributed by atoms with Gasteiger partial charge in [-0.15, -0.1) is 0 Å². The molecule has 126 valence electrons. The van der Waals surface area contributed by atoms with Crippen molar-refractivity contribution in [2.24, 2.45) is 0 Å². The highest BCUT2D eigenvalue weighted by Crippen LogP contribution is 2.04. The number of nitrogens with zero attached hydrogens (tertiary/aromatic N) is 2. The lowest BCUT2D eigenvalue weighted by molar-refractivity contribution is -0.119. The summed E-state index contributed by atoms with van der Waals surface area (Å²) >= 11 is 0. The average molecular weight is 328 g/mol. The number of hydrogen-bond donors (Lipinski definition) is 2. The lowest BCUT2D eigenvalue weighted by atomic mass is 10.2. The summed E-state index contributed by atoms with van der Waals surface area (Å²) in [6.45, 7) is 4.49. The van der Waals surface area contributed by atoms with Gasteiger partial charge in [-0.05, 0) is 24.6 Å². The molecule has 7 nitrogen and oxygen atoms in total. The number of amides is 2. The zero-order valence-electron chi connectivity index (χ0n) is 13.7. The number of aromatic nitrogens is 2. The van der Waals surface area contributed by atoms with Crippen molar-refractivity contribution >= 4 is 11.8 Å². The van der Waals surface area contributed by atoms with Gasteiger partial charge in [0.1, 0.15) is 0 Å². The average Bonchev–Trinajstić information content (AvgIpc) is 2.56. The van der Waals surface area contributed by atoms with Crippen molar-refractivity contribution < 1.29 is 9.59 Å². The van der Waals surface area contributed by atoms with Gasteiger partial charge < -0.3 is 15.2 Å². The Labute approximate surface area is 139 Å². The highest BCUT2D eigenvalue weighted by atomic mass is 16.2. The first-order valence-corrected chi connectivity index (χ1v) is 7.66. The monoisotopic (exact) mass is 328 g/mol.